The number of hydrogen-bond donors (Lipinski definition) is 2. The van der Waals surface area contributed by atoms with Crippen LogP contribution in [-0.2, 0) is 14.3 Å². The fourth-order valence-electron chi connectivity index (χ4n) is 2.91. The van der Waals surface area contributed by atoms with Crippen molar-refractivity contribution in [3.05, 3.63) is 23.2 Å². The number of methoxy groups -OCH3 is 2. The van der Waals surface area contributed by atoms with Crippen LogP contribution >= 0.6 is 11.6 Å². The van der Waals surface area contributed by atoms with Crippen molar-refractivity contribution in [3.63, 3.8) is 0 Å². The van der Waals surface area contributed by atoms with E-state index in [4.69, 9.17) is 21.1 Å². The van der Waals surface area contributed by atoms with Crippen LogP contribution < -0.4 is 15.4 Å². The Kier molecular flexibility index (Phi) is 8.15. The monoisotopic (exact) mass is 383 g/mol. The number of benzene rings is 1. The van der Waals surface area contributed by atoms with Gasteiger partial charge in [-0.05, 0) is 50.0 Å². The van der Waals surface area contributed by atoms with Crippen molar-refractivity contribution in [2.45, 2.75) is 12.8 Å². The van der Waals surface area contributed by atoms with Gasteiger partial charge in [0.15, 0.2) is 0 Å². The highest BCUT2D eigenvalue weighted by Crippen LogP contribution is 2.27. The van der Waals surface area contributed by atoms with Gasteiger partial charge in [-0.2, -0.15) is 0 Å². The fourth-order valence-corrected chi connectivity index (χ4v) is 3.08. The van der Waals surface area contributed by atoms with Crippen LogP contribution in [0.2, 0.25) is 5.02 Å². The number of rotatable bonds is 7. The number of anilines is 1. The van der Waals surface area contributed by atoms with Gasteiger partial charge in [-0.15, -0.1) is 0 Å². The molecule has 1 heterocycles. The molecule has 1 aromatic rings. The summed E-state index contributed by atoms with van der Waals surface area (Å²) < 4.78 is 10.2. The minimum atomic E-state index is -0.733. The maximum Gasteiger partial charge on any atom is 0.313 e. The molecule has 2 N–H and O–H groups in total. The van der Waals surface area contributed by atoms with Crippen LogP contribution in [0, 0.1) is 5.92 Å². The Morgan fingerprint density at radius 3 is 2.62 bits per heavy atom. The first kappa shape index (κ1) is 20.5. The highest BCUT2D eigenvalue weighted by molar-refractivity contribution is 6.40. The predicted octanol–water partition coefficient (Wildman–Crippen LogP) is 1.76. The third-order valence-electron chi connectivity index (χ3n) is 4.49. The lowest BCUT2D eigenvalue weighted by Crippen LogP contribution is -2.42. The number of nitrogens with one attached hydrogen (secondary N) is 2. The summed E-state index contributed by atoms with van der Waals surface area (Å²) in [5.41, 5.74) is 0.367. The van der Waals surface area contributed by atoms with Crippen molar-refractivity contribution in [1.82, 2.24) is 10.2 Å². The van der Waals surface area contributed by atoms with Crippen LogP contribution in [0.15, 0.2) is 18.2 Å². The Morgan fingerprint density at radius 1 is 1.23 bits per heavy atom. The first-order valence-corrected chi connectivity index (χ1v) is 9.05. The third kappa shape index (κ3) is 6.16. The molecule has 0 bridgehead atoms. The summed E-state index contributed by atoms with van der Waals surface area (Å²) in [4.78, 5) is 26.5. The number of carbonyl (C=O) groups excluding carboxylic acids is 2. The van der Waals surface area contributed by atoms with E-state index in [2.05, 4.69) is 15.5 Å². The van der Waals surface area contributed by atoms with Gasteiger partial charge >= 0.3 is 11.8 Å². The molecular weight excluding hydrogens is 358 g/mol. The van der Waals surface area contributed by atoms with E-state index >= 15 is 0 Å². The largest absolute Gasteiger partial charge is 0.495 e. The van der Waals surface area contributed by atoms with Crippen molar-refractivity contribution in [2.24, 2.45) is 5.92 Å². The minimum absolute atomic E-state index is 0.367. The Balaban J connectivity index is 1.76. The van der Waals surface area contributed by atoms with Gasteiger partial charge in [0.1, 0.15) is 5.75 Å². The number of nitrogens with zero attached hydrogens (tertiary/aromatic N) is 1. The van der Waals surface area contributed by atoms with Crippen molar-refractivity contribution in [2.75, 3.05) is 52.3 Å². The molecule has 144 valence electrons. The fraction of sp³-hybridized carbons (Fsp3) is 0.556. The summed E-state index contributed by atoms with van der Waals surface area (Å²) in [7, 11) is 3.18. The molecule has 1 aliphatic rings. The molecule has 1 fully saturated rings. The Labute approximate surface area is 159 Å². The van der Waals surface area contributed by atoms with E-state index in [9.17, 15) is 9.59 Å². The van der Waals surface area contributed by atoms with Crippen LogP contribution in [0.25, 0.3) is 0 Å². The highest BCUT2D eigenvalue weighted by Gasteiger charge is 2.21. The zero-order valence-corrected chi connectivity index (χ0v) is 16.0. The molecule has 0 unspecified atom stereocenters. The molecular formula is C18H26ClN3O4. The molecule has 8 heteroatoms. The maximum absolute atomic E-state index is 12.1. The average Bonchev–Trinajstić information content (AvgIpc) is 2.65. The Morgan fingerprint density at radius 2 is 1.96 bits per heavy atom. The van der Waals surface area contributed by atoms with E-state index in [1.165, 1.54) is 7.11 Å². The molecule has 2 rings (SSSR count). The summed E-state index contributed by atoms with van der Waals surface area (Å²) >= 11 is 5.92. The normalized spacial score (nSPS) is 15.5. The number of amides is 2. The first-order valence-electron chi connectivity index (χ1n) is 8.67. The van der Waals surface area contributed by atoms with Gasteiger partial charge in [0, 0.05) is 25.2 Å². The lowest BCUT2D eigenvalue weighted by atomic mass is 9.97. The number of likely N-dealkylation sites (tertiary alicyclic amines) is 1. The number of halogens is 1. The standard InChI is InChI=1S/C18H26ClN3O4/c1-25-10-9-22-7-5-13(6-8-22)12-20-17(23)18(24)21-15-11-14(19)3-4-16(15)26-2/h3-4,11,13H,5-10,12H2,1-2H3,(H,20,23)(H,21,24). The van der Waals surface area contributed by atoms with Crippen LogP contribution in [0.4, 0.5) is 5.69 Å². The second-order valence-corrected chi connectivity index (χ2v) is 6.72. The van der Waals surface area contributed by atoms with Crippen LogP contribution in [0.3, 0.4) is 0 Å². The molecule has 0 saturated carbocycles. The van der Waals surface area contributed by atoms with Crippen LogP contribution in [-0.4, -0.2) is 63.7 Å². The highest BCUT2D eigenvalue weighted by atomic mass is 35.5. The van der Waals surface area contributed by atoms with E-state index in [1.807, 2.05) is 0 Å². The van der Waals surface area contributed by atoms with Gasteiger partial charge in [0.05, 0.1) is 19.4 Å². The number of piperidine rings is 1. The maximum atomic E-state index is 12.1. The molecule has 1 aliphatic heterocycles. The summed E-state index contributed by atoms with van der Waals surface area (Å²) in [6, 6.07) is 4.82. The Bertz CT molecular complexity index is 618. The van der Waals surface area contributed by atoms with Crippen molar-refractivity contribution < 1.29 is 19.1 Å². The lowest BCUT2D eigenvalue weighted by Gasteiger charge is -2.31. The van der Waals surface area contributed by atoms with E-state index in [0.717, 1.165) is 39.1 Å². The summed E-state index contributed by atoms with van der Waals surface area (Å²) in [6.45, 7) is 4.12. The zero-order valence-electron chi connectivity index (χ0n) is 15.2. The Hall–Kier alpha value is -1.83. The number of ether oxygens (including phenoxy) is 2. The molecule has 1 aromatic carbocycles. The minimum Gasteiger partial charge on any atom is -0.495 e. The van der Waals surface area contributed by atoms with Crippen molar-refractivity contribution in [3.8, 4) is 5.75 Å². The molecule has 0 spiro atoms. The van der Waals surface area contributed by atoms with Crippen molar-refractivity contribution in [1.29, 1.82) is 0 Å². The summed E-state index contributed by atoms with van der Waals surface area (Å²) in [6.07, 6.45) is 1.99. The number of carbonyl (C=O) groups is 2. The second-order valence-electron chi connectivity index (χ2n) is 6.29. The quantitative estimate of drug-likeness (QED) is 0.701. The summed E-state index contributed by atoms with van der Waals surface area (Å²) in [5, 5.41) is 5.70. The van der Waals surface area contributed by atoms with Crippen molar-refractivity contribution >= 4 is 29.1 Å². The topological polar surface area (TPSA) is 79.9 Å². The molecule has 0 radical (unpaired) electrons. The zero-order chi connectivity index (χ0) is 18.9. The molecule has 26 heavy (non-hydrogen) atoms. The van der Waals surface area contributed by atoms with E-state index < -0.39 is 11.8 Å². The van der Waals surface area contributed by atoms with Gasteiger partial charge in [0.2, 0.25) is 0 Å². The smallest absolute Gasteiger partial charge is 0.313 e. The second kappa shape index (κ2) is 10.4. The van der Waals surface area contributed by atoms with E-state index in [0.29, 0.717) is 28.9 Å². The van der Waals surface area contributed by atoms with Crippen LogP contribution in [0.5, 0.6) is 5.75 Å². The van der Waals surface area contributed by atoms with E-state index in [1.54, 1.807) is 25.3 Å². The average molecular weight is 384 g/mol. The van der Waals surface area contributed by atoms with Gasteiger partial charge in [-0.25, -0.2) is 0 Å². The summed E-state index contributed by atoms with van der Waals surface area (Å²) in [5.74, 6) is -0.567. The molecule has 1 saturated heterocycles. The molecule has 2 amide bonds. The number of hydrogen-bond acceptors (Lipinski definition) is 5. The predicted molar refractivity (Wildman–Crippen MR) is 101 cm³/mol. The molecule has 0 aromatic heterocycles. The molecule has 0 atom stereocenters. The van der Waals surface area contributed by atoms with Crippen LogP contribution in [0.1, 0.15) is 12.8 Å². The third-order valence-corrected chi connectivity index (χ3v) is 4.72. The van der Waals surface area contributed by atoms with Gasteiger partial charge in [-0.1, -0.05) is 11.6 Å². The van der Waals surface area contributed by atoms with Gasteiger partial charge < -0.3 is 25.0 Å². The molecule has 0 aliphatic carbocycles. The van der Waals surface area contributed by atoms with Gasteiger partial charge in [-0.3, -0.25) is 9.59 Å². The SMILES string of the molecule is COCCN1CCC(CNC(=O)C(=O)Nc2cc(Cl)ccc2OC)CC1. The lowest BCUT2D eigenvalue weighted by molar-refractivity contribution is -0.136. The first-order chi connectivity index (χ1) is 12.5. The van der Waals surface area contributed by atoms with Gasteiger partial charge in [0.25, 0.3) is 0 Å². The molecule has 7 nitrogen and oxygen atoms in total. The van der Waals surface area contributed by atoms with E-state index in [-0.39, 0.29) is 0 Å².